The molecule has 30 heavy (non-hydrogen) atoms. The predicted octanol–water partition coefficient (Wildman–Crippen LogP) is 8.47. The molecule has 0 aromatic carbocycles. The molecule has 1 heterocycles. The fraction of sp³-hybridized carbons (Fsp3) is 0.704. The van der Waals surface area contributed by atoms with Gasteiger partial charge in [0.25, 0.3) is 0 Å². The lowest BCUT2D eigenvalue weighted by Gasteiger charge is -2.03. The molecular weight excluding hydrogens is 368 g/mol. The van der Waals surface area contributed by atoms with E-state index in [0.717, 1.165) is 25.5 Å². The number of rotatable bonds is 21. The van der Waals surface area contributed by atoms with E-state index in [0.29, 0.717) is 5.69 Å². The fourth-order valence-electron chi connectivity index (χ4n) is 3.90. The van der Waals surface area contributed by atoms with Crippen LogP contribution in [0.5, 0.6) is 0 Å². The number of aromatic nitrogens is 1. The Morgan fingerprint density at radius 1 is 0.700 bits per heavy atom. The topological polar surface area (TPSA) is 56.6 Å². The number of nitrogens with zero attached hydrogens (tertiary/aromatic N) is 1. The van der Waals surface area contributed by atoms with Crippen LogP contribution in [0.25, 0.3) is 0 Å². The van der Waals surface area contributed by atoms with E-state index in [1.54, 1.807) is 0 Å². The molecule has 0 spiro atoms. The van der Waals surface area contributed by atoms with E-state index in [1.807, 2.05) is 12.1 Å². The first kappa shape index (κ1) is 26.2. The summed E-state index contributed by atoms with van der Waals surface area (Å²) in [6, 6.07) is 6.10. The van der Waals surface area contributed by atoms with Crippen LogP contribution in [-0.2, 0) is 6.42 Å². The Balaban J connectivity index is 1.73. The van der Waals surface area contributed by atoms with Gasteiger partial charge in [0.1, 0.15) is 0 Å². The number of hydrogen-bond acceptors (Lipinski definition) is 2. The maximum absolute atomic E-state index is 10.6. The van der Waals surface area contributed by atoms with Crippen LogP contribution in [0.4, 0.5) is 0 Å². The molecule has 0 radical (unpaired) electrons. The molecule has 168 valence electrons. The molecule has 3 nitrogen and oxygen atoms in total. The Morgan fingerprint density at radius 2 is 1.20 bits per heavy atom. The average molecular weight is 413 g/mol. The Morgan fingerprint density at radius 3 is 1.70 bits per heavy atom. The third-order valence-electron chi connectivity index (χ3n) is 5.79. The molecule has 3 heteroatoms. The lowest BCUT2D eigenvalue weighted by molar-refractivity contribution is 0.111. The Kier molecular flexibility index (Phi) is 17.9. The van der Waals surface area contributed by atoms with E-state index in [9.17, 15) is 4.79 Å². The van der Waals surface area contributed by atoms with E-state index in [4.69, 9.17) is 5.26 Å². The second-order valence-corrected chi connectivity index (χ2v) is 8.57. The molecule has 1 N–H and O–H groups in total. The van der Waals surface area contributed by atoms with Gasteiger partial charge in [-0.3, -0.25) is 4.79 Å². The second-order valence-electron chi connectivity index (χ2n) is 8.57. The Bertz CT molecular complexity index is 582. The van der Waals surface area contributed by atoms with Gasteiger partial charge in [-0.05, 0) is 57.1 Å². The van der Waals surface area contributed by atoms with Gasteiger partial charge in [0.05, 0.1) is 11.8 Å². The normalized spacial score (nSPS) is 11.2. The van der Waals surface area contributed by atoms with E-state index in [1.165, 1.54) is 108 Å². The number of carbonyl (C=O) groups is 1. The average Bonchev–Trinajstić information content (AvgIpc) is 3.23. The first-order valence-corrected chi connectivity index (χ1v) is 12.5. The maximum Gasteiger partial charge on any atom is 0.166 e. The summed E-state index contributed by atoms with van der Waals surface area (Å²) in [6.45, 7) is 0. The van der Waals surface area contributed by atoms with Crippen molar-refractivity contribution in [1.29, 1.82) is 5.26 Å². The molecule has 0 amide bonds. The van der Waals surface area contributed by atoms with E-state index < -0.39 is 0 Å². The van der Waals surface area contributed by atoms with Gasteiger partial charge in [-0.2, -0.15) is 5.26 Å². The van der Waals surface area contributed by atoms with Crippen molar-refractivity contribution in [3.63, 3.8) is 0 Å². The number of nitriles is 1. The molecule has 0 bridgehead atoms. The largest absolute Gasteiger partial charge is 0.356 e. The van der Waals surface area contributed by atoms with Crippen LogP contribution in [-0.4, -0.2) is 11.3 Å². The first-order chi connectivity index (χ1) is 14.9. The van der Waals surface area contributed by atoms with E-state index >= 15 is 0 Å². The number of unbranched alkanes of at least 4 members (excludes halogenated alkanes) is 16. The first-order valence-electron chi connectivity index (χ1n) is 12.5. The lowest BCUT2D eigenvalue weighted by atomic mass is 10.0. The number of nitrogens with one attached hydrogen (secondary N) is 1. The van der Waals surface area contributed by atoms with Gasteiger partial charge in [0.15, 0.2) is 6.29 Å². The van der Waals surface area contributed by atoms with Crippen molar-refractivity contribution in [2.75, 3.05) is 0 Å². The predicted molar refractivity (Wildman–Crippen MR) is 128 cm³/mol. The van der Waals surface area contributed by atoms with E-state index in [-0.39, 0.29) is 0 Å². The van der Waals surface area contributed by atoms with Gasteiger partial charge < -0.3 is 4.98 Å². The molecule has 0 saturated heterocycles. The van der Waals surface area contributed by atoms with E-state index in [2.05, 4.69) is 23.2 Å². The summed E-state index contributed by atoms with van der Waals surface area (Å²) in [5.41, 5.74) is 1.88. The zero-order valence-electron chi connectivity index (χ0n) is 19.2. The van der Waals surface area contributed by atoms with Crippen LogP contribution in [0.3, 0.4) is 0 Å². The summed E-state index contributed by atoms with van der Waals surface area (Å²) >= 11 is 0. The van der Waals surface area contributed by atoms with Crippen molar-refractivity contribution in [2.45, 2.75) is 122 Å². The smallest absolute Gasteiger partial charge is 0.166 e. The van der Waals surface area contributed by atoms with Gasteiger partial charge in [0.2, 0.25) is 0 Å². The summed E-state index contributed by atoms with van der Waals surface area (Å²) in [6.07, 6.45) is 29.6. The number of H-pyrrole nitrogens is 1. The minimum absolute atomic E-state index is 0.692. The Hall–Kier alpha value is -1.82. The second kappa shape index (κ2) is 20.5. The number of aryl methyl sites for hydroxylation is 1. The van der Waals surface area contributed by atoms with Gasteiger partial charge in [-0.15, -0.1) is 0 Å². The summed E-state index contributed by atoms with van der Waals surface area (Å²) in [7, 11) is 0. The molecule has 0 aliphatic rings. The zero-order valence-corrected chi connectivity index (χ0v) is 19.2. The monoisotopic (exact) mass is 412 g/mol. The third kappa shape index (κ3) is 16.0. The molecule has 0 aliphatic carbocycles. The number of carbonyl (C=O) groups excluding carboxylic acids is 1. The van der Waals surface area contributed by atoms with Crippen molar-refractivity contribution < 1.29 is 4.79 Å². The highest BCUT2D eigenvalue weighted by Gasteiger charge is 1.98. The number of aldehydes is 1. The number of hydrogen-bond donors (Lipinski definition) is 1. The molecule has 1 rings (SSSR count). The highest BCUT2D eigenvalue weighted by molar-refractivity contribution is 5.71. The highest BCUT2D eigenvalue weighted by Crippen LogP contribution is 2.13. The van der Waals surface area contributed by atoms with Gasteiger partial charge in [0, 0.05) is 12.1 Å². The summed E-state index contributed by atoms with van der Waals surface area (Å²) < 4.78 is 0. The van der Waals surface area contributed by atoms with Gasteiger partial charge >= 0.3 is 0 Å². The molecule has 1 aromatic rings. The van der Waals surface area contributed by atoms with Crippen LogP contribution in [0.1, 0.15) is 132 Å². The summed E-state index contributed by atoms with van der Waals surface area (Å²) in [5, 5.41) is 8.49. The molecule has 0 atom stereocenters. The molecule has 0 unspecified atom stereocenters. The van der Waals surface area contributed by atoms with Crippen molar-refractivity contribution in [3.05, 3.63) is 35.7 Å². The molecular formula is C27H44N2O. The molecule has 0 aliphatic heterocycles. The van der Waals surface area contributed by atoms with Crippen molar-refractivity contribution in [3.8, 4) is 6.07 Å². The van der Waals surface area contributed by atoms with Crippen LogP contribution < -0.4 is 0 Å². The van der Waals surface area contributed by atoms with Crippen LogP contribution in [0.15, 0.2) is 24.3 Å². The zero-order chi connectivity index (χ0) is 21.5. The standard InChI is InChI=1S/C27H44N2O/c28-24-20-18-16-14-12-10-8-6-4-2-1-3-5-7-9-11-13-15-17-19-21-26-22-23-27(25-30)29-26/h6,8,22-23,25,29H,1-5,7,9-21H2/b8-6-. The van der Waals surface area contributed by atoms with Gasteiger partial charge in [-0.25, -0.2) is 0 Å². The highest BCUT2D eigenvalue weighted by atomic mass is 16.1. The quantitative estimate of drug-likeness (QED) is 0.125. The van der Waals surface area contributed by atoms with Crippen LogP contribution in [0, 0.1) is 11.3 Å². The maximum atomic E-state index is 10.6. The third-order valence-corrected chi connectivity index (χ3v) is 5.79. The van der Waals surface area contributed by atoms with Crippen molar-refractivity contribution >= 4 is 6.29 Å². The SMILES string of the molecule is N#CCCCCCC/C=C\CCCCCCCCCCCCCc1ccc(C=O)[nH]1. The fourth-order valence-corrected chi connectivity index (χ4v) is 3.90. The number of aromatic amines is 1. The minimum Gasteiger partial charge on any atom is -0.356 e. The molecule has 0 fully saturated rings. The summed E-state index contributed by atoms with van der Waals surface area (Å²) in [4.78, 5) is 13.8. The van der Waals surface area contributed by atoms with Gasteiger partial charge in [-0.1, -0.05) is 82.8 Å². The minimum atomic E-state index is 0.692. The summed E-state index contributed by atoms with van der Waals surface area (Å²) in [5.74, 6) is 0. The molecule has 0 saturated carbocycles. The lowest BCUT2D eigenvalue weighted by Crippen LogP contribution is -1.88. The molecule has 1 aromatic heterocycles. The van der Waals surface area contributed by atoms with Crippen molar-refractivity contribution in [1.82, 2.24) is 4.98 Å². The Labute approximate surface area is 185 Å². The van der Waals surface area contributed by atoms with Crippen molar-refractivity contribution in [2.24, 2.45) is 0 Å². The van der Waals surface area contributed by atoms with Crippen LogP contribution >= 0.6 is 0 Å². The number of allylic oxidation sites excluding steroid dienone is 2. The van der Waals surface area contributed by atoms with Crippen LogP contribution in [0.2, 0.25) is 0 Å².